The minimum atomic E-state index is -3.86. The molecule has 1 aliphatic heterocycles. The Hall–Kier alpha value is -2.50. The van der Waals surface area contributed by atoms with E-state index in [1.54, 1.807) is 4.90 Å². The third-order valence-electron chi connectivity index (χ3n) is 4.52. The van der Waals surface area contributed by atoms with Crippen LogP contribution in [0.1, 0.15) is 5.56 Å². The van der Waals surface area contributed by atoms with Gasteiger partial charge < -0.3 is 10.2 Å². The van der Waals surface area contributed by atoms with Crippen molar-refractivity contribution in [3.8, 4) is 0 Å². The topological polar surface area (TPSA) is 113 Å². The Morgan fingerprint density at radius 3 is 2.45 bits per heavy atom. The van der Waals surface area contributed by atoms with Gasteiger partial charge in [0.25, 0.3) is 5.69 Å². The molecule has 0 bridgehead atoms. The molecule has 29 heavy (non-hydrogen) atoms. The summed E-state index contributed by atoms with van der Waals surface area (Å²) in [5, 5.41) is 13.7. The van der Waals surface area contributed by atoms with Gasteiger partial charge in [-0.2, -0.15) is 4.31 Å². The van der Waals surface area contributed by atoms with Crippen LogP contribution in [0.3, 0.4) is 0 Å². The van der Waals surface area contributed by atoms with Crippen molar-refractivity contribution in [3.05, 3.63) is 68.7 Å². The number of amides is 2. The van der Waals surface area contributed by atoms with Crippen LogP contribution in [0.25, 0.3) is 0 Å². The van der Waals surface area contributed by atoms with Crippen LogP contribution in [0.5, 0.6) is 0 Å². The van der Waals surface area contributed by atoms with E-state index in [4.69, 9.17) is 0 Å². The molecule has 1 fully saturated rings. The van der Waals surface area contributed by atoms with Crippen molar-refractivity contribution >= 4 is 37.7 Å². The maximum atomic E-state index is 12.8. The summed E-state index contributed by atoms with van der Waals surface area (Å²) in [7, 11) is -3.86. The van der Waals surface area contributed by atoms with E-state index in [9.17, 15) is 23.3 Å². The molecule has 2 amide bonds. The van der Waals surface area contributed by atoms with Gasteiger partial charge in [0.15, 0.2) is 0 Å². The first kappa shape index (κ1) is 21.2. The minimum absolute atomic E-state index is 0.120. The highest BCUT2D eigenvalue weighted by molar-refractivity contribution is 9.10. The predicted octanol–water partition coefficient (Wildman–Crippen LogP) is 2.57. The monoisotopic (exact) mass is 482 g/mol. The average molecular weight is 483 g/mol. The number of non-ortho nitro benzene ring substituents is 1. The van der Waals surface area contributed by atoms with Gasteiger partial charge in [-0.15, -0.1) is 0 Å². The second-order valence-corrected chi connectivity index (χ2v) is 9.29. The molecule has 1 aliphatic rings. The van der Waals surface area contributed by atoms with Crippen molar-refractivity contribution in [3.63, 3.8) is 0 Å². The zero-order chi connectivity index (χ0) is 21.0. The number of nitrogens with zero attached hydrogens (tertiary/aromatic N) is 3. The van der Waals surface area contributed by atoms with Gasteiger partial charge in [0.05, 0.1) is 9.82 Å². The van der Waals surface area contributed by atoms with Gasteiger partial charge >= 0.3 is 6.03 Å². The number of nitrogens with one attached hydrogen (secondary N) is 1. The zero-order valence-electron chi connectivity index (χ0n) is 15.3. The van der Waals surface area contributed by atoms with Crippen molar-refractivity contribution in [1.29, 1.82) is 0 Å². The van der Waals surface area contributed by atoms with Gasteiger partial charge in [0, 0.05) is 49.3 Å². The molecule has 2 aromatic carbocycles. The lowest BCUT2D eigenvalue weighted by Gasteiger charge is -2.34. The van der Waals surface area contributed by atoms with E-state index in [1.807, 2.05) is 24.3 Å². The number of piperazine rings is 1. The minimum Gasteiger partial charge on any atom is -0.334 e. The van der Waals surface area contributed by atoms with E-state index in [0.717, 1.165) is 16.1 Å². The van der Waals surface area contributed by atoms with Crippen LogP contribution in [0.2, 0.25) is 0 Å². The summed E-state index contributed by atoms with van der Waals surface area (Å²) in [4.78, 5) is 24.1. The summed E-state index contributed by atoms with van der Waals surface area (Å²) in [5.74, 6) is 0. The fraction of sp³-hybridized carbons (Fsp3) is 0.278. The Morgan fingerprint density at radius 1 is 1.10 bits per heavy atom. The van der Waals surface area contributed by atoms with Gasteiger partial charge in [0.1, 0.15) is 0 Å². The number of hydrogen-bond donors (Lipinski definition) is 1. The number of carbonyl (C=O) groups excluding carboxylic acids is 1. The molecule has 9 nitrogen and oxygen atoms in total. The van der Waals surface area contributed by atoms with Crippen LogP contribution in [0.4, 0.5) is 10.5 Å². The van der Waals surface area contributed by atoms with Gasteiger partial charge in [-0.1, -0.05) is 34.1 Å². The first-order chi connectivity index (χ1) is 13.8. The van der Waals surface area contributed by atoms with Crippen molar-refractivity contribution in [2.24, 2.45) is 0 Å². The lowest BCUT2D eigenvalue weighted by atomic mass is 10.2. The van der Waals surface area contributed by atoms with Crippen LogP contribution < -0.4 is 5.32 Å². The zero-order valence-corrected chi connectivity index (χ0v) is 17.7. The summed E-state index contributed by atoms with van der Waals surface area (Å²) < 4.78 is 27.7. The first-order valence-electron chi connectivity index (χ1n) is 8.79. The molecule has 1 heterocycles. The number of rotatable bonds is 5. The number of sulfonamides is 1. The van der Waals surface area contributed by atoms with E-state index in [2.05, 4.69) is 21.2 Å². The molecule has 0 aromatic heterocycles. The Labute approximate surface area is 176 Å². The number of benzene rings is 2. The Kier molecular flexibility index (Phi) is 6.50. The Bertz CT molecular complexity index is 1020. The SMILES string of the molecule is O=C(NCc1cccc(Br)c1)N1CCN(S(=O)(=O)c2cccc([N+](=O)[O-])c2)CC1. The molecule has 11 heteroatoms. The quantitative estimate of drug-likeness (QED) is 0.519. The summed E-state index contributed by atoms with van der Waals surface area (Å²) in [6, 6.07) is 12.3. The van der Waals surface area contributed by atoms with Gasteiger partial charge in [-0.05, 0) is 23.8 Å². The van der Waals surface area contributed by atoms with Crippen molar-refractivity contribution < 1.29 is 18.1 Å². The van der Waals surface area contributed by atoms with E-state index in [0.29, 0.717) is 6.54 Å². The molecule has 0 radical (unpaired) electrons. The predicted molar refractivity (Wildman–Crippen MR) is 110 cm³/mol. The van der Waals surface area contributed by atoms with E-state index >= 15 is 0 Å². The fourth-order valence-electron chi connectivity index (χ4n) is 2.97. The summed E-state index contributed by atoms with van der Waals surface area (Å²) in [6.45, 7) is 1.08. The van der Waals surface area contributed by atoms with Crippen LogP contribution in [0, 0.1) is 10.1 Å². The molecule has 0 aliphatic carbocycles. The number of urea groups is 1. The molecule has 0 saturated carbocycles. The highest BCUT2D eigenvalue weighted by Crippen LogP contribution is 2.22. The summed E-state index contributed by atoms with van der Waals surface area (Å²) in [5.41, 5.74) is 0.663. The largest absolute Gasteiger partial charge is 0.334 e. The van der Waals surface area contributed by atoms with Crippen LogP contribution in [-0.2, 0) is 16.6 Å². The van der Waals surface area contributed by atoms with Crippen LogP contribution >= 0.6 is 15.9 Å². The maximum Gasteiger partial charge on any atom is 0.317 e. The van der Waals surface area contributed by atoms with E-state index in [-0.39, 0.29) is 42.8 Å². The summed E-state index contributed by atoms with van der Waals surface area (Å²) >= 11 is 3.38. The lowest BCUT2D eigenvalue weighted by molar-refractivity contribution is -0.385. The first-order valence-corrected chi connectivity index (χ1v) is 11.0. The van der Waals surface area contributed by atoms with E-state index in [1.165, 1.54) is 22.5 Å². The number of nitro benzene ring substituents is 1. The molecule has 1 N–H and O–H groups in total. The molecule has 2 aromatic rings. The number of hydrogen-bond acceptors (Lipinski definition) is 5. The summed E-state index contributed by atoms with van der Waals surface area (Å²) in [6.07, 6.45) is 0. The molecule has 154 valence electrons. The highest BCUT2D eigenvalue weighted by atomic mass is 79.9. The standard InChI is InChI=1S/C18H19BrN4O5S/c19-15-4-1-3-14(11-15)13-20-18(24)21-7-9-22(10-8-21)29(27,28)17-6-2-5-16(12-17)23(25)26/h1-6,11-12H,7-10,13H2,(H,20,24). The molecular formula is C18H19BrN4O5S. The van der Waals surface area contributed by atoms with Crippen LogP contribution in [0.15, 0.2) is 57.9 Å². The molecular weight excluding hydrogens is 464 g/mol. The smallest absolute Gasteiger partial charge is 0.317 e. The Morgan fingerprint density at radius 2 is 1.79 bits per heavy atom. The lowest BCUT2D eigenvalue weighted by Crippen LogP contribution is -2.52. The van der Waals surface area contributed by atoms with Crippen molar-refractivity contribution in [1.82, 2.24) is 14.5 Å². The van der Waals surface area contributed by atoms with Crippen molar-refractivity contribution in [2.45, 2.75) is 11.4 Å². The van der Waals surface area contributed by atoms with Crippen molar-refractivity contribution in [2.75, 3.05) is 26.2 Å². The average Bonchev–Trinajstić information content (AvgIpc) is 2.72. The van der Waals surface area contributed by atoms with Gasteiger partial charge in [0.2, 0.25) is 10.0 Å². The number of carbonyl (C=O) groups is 1. The molecule has 0 unspecified atom stereocenters. The molecule has 0 spiro atoms. The Balaban J connectivity index is 1.58. The van der Waals surface area contributed by atoms with Gasteiger partial charge in [-0.25, -0.2) is 13.2 Å². The molecule has 3 rings (SSSR count). The van der Waals surface area contributed by atoms with E-state index < -0.39 is 14.9 Å². The maximum absolute atomic E-state index is 12.8. The number of nitro groups is 1. The molecule has 0 atom stereocenters. The van der Waals surface area contributed by atoms with Gasteiger partial charge in [-0.3, -0.25) is 10.1 Å². The highest BCUT2D eigenvalue weighted by Gasteiger charge is 2.30. The third-order valence-corrected chi connectivity index (χ3v) is 6.91. The number of halogens is 1. The van der Waals surface area contributed by atoms with Crippen LogP contribution in [-0.4, -0.2) is 54.8 Å². The second kappa shape index (κ2) is 8.89. The molecule has 1 saturated heterocycles. The third kappa shape index (κ3) is 5.11. The normalized spacial score (nSPS) is 15.1. The second-order valence-electron chi connectivity index (χ2n) is 6.43. The fourth-order valence-corrected chi connectivity index (χ4v) is 4.88.